The third-order valence-electron chi connectivity index (χ3n) is 3.87. The van der Waals surface area contributed by atoms with Gasteiger partial charge >= 0.3 is 0 Å². The molecule has 2 aromatic carbocycles. The number of para-hydroxylation sites is 1. The Morgan fingerprint density at radius 3 is 2.68 bits per heavy atom. The molecule has 0 atom stereocenters. The van der Waals surface area contributed by atoms with Crippen LogP contribution in [0.15, 0.2) is 54.6 Å². The number of hydrogen-bond acceptors (Lipinski definition) is 4. The van der Waals surface area contributed by atoms with Gasteiger partial charge in [-0.25, -0.2) is 9.67 Å². The Balaban J connectivity index is 1.60. The van der Waals surface area contributed by atoms with Crippen LogP contribution in [0, 0.1) is 13.8 Å². The van der Waals surface area contributed by atoms with Crippen LogP contribution in [-0.2, 0) is 0 Å². The topological polar surface area (TPSA) is 59.8 Å². The molecule has 0 radical (unpaired) electrons. The number of rotatable bonds is 3. The standard InChI is InChI=1S/C19H16N4OS/c1-12-10-17(22-23(12)15-6-4-3-5-7-15)19(24)21-14-8-9-16-18(11-14)25-13(2)20-16/h3-11H,1-2H3,(H,21,24). The lowest BCUT2D eigenvalue weighted by Crippen LogP contribution is -2.13. The van der Waals surface area contributed by atoms with Gasteiger partial charge in [0.2, 0.25) is 0 Å². The van der Waals surface area contributed by atoms with Crippen molar-refractivity contribution in [1.29, 1.82) is 0 Å². The molecule has 4 aromatic rings. The van der Waals surface area contributed by atoms with Gasteiger partial charge in [0.1, 0.15) is 0 Å². The molecule has 0 saturated carbocycles. The van der Waals surface area contributed by atoms with Gasteiger partial charge in [-0.1, -0.05) is 18.2 Å². The Morgan fingerprint density at radius 2 is 1.88 bits per heavy atom. The van der Waals surface area contributed by atoms with Crippen molar-refractivity contribution in [2.24, 2.45) is 0 Å². The molecule has 0 unspecified atom stereocenters. The number of fused-ring (bicyclic) bond motifs is 1. The molecule has 0 aliphatic rings. The van der Waals surface area contributed by atoms with E-state index in [-0.39, 0.29) is 5.91 Å². The van der Waals surface area contributed by atoms with Gasteiger partial charge in [-0.05, 0) is 50.2 Å². The third kappa shape index (κ3) is 3.04. The summed E-state index contributed by atoms with van der Waals surface area (Å²) in [7, 11) is 0. The number of aromatic nitrogens is 3. The van der Waals surface area contributed by atoms with Crippen LogP contribution in [-0.4, -0.2) is 20.7 Å². The van der Waals surface area contributed by atoms with E-state index in [1.54, 1.807) is 22.1 Å². The zero-order chi connectivity index (χ0) is 17.4. The summed E-state index contributed by atoms with van der Waals surface area (Å²) in [5.41, 5.74) is 3.92. The summed E-state index contributed by atoms with van der Waals surface area (Å²) in [6.07, 6.45) is 0. The summed E-state index contributed by atoms with van der Waals surface area (Å²) in [5, 5.41) is 8.36. The first kappa shape index (κ1) is 15.5. The fraction of sp³-hybridized carbons (Fsp3) is 0.105. The highest BCUT2D eigenvalue weighted by Gasteiger charge is 2.14. The molecule has 1 amide bonds. The number of aryl methyl sites for hydroxylation is 2. The largest absolute Gasteiger partial charge is 0.321 e. The van der Waals surface area contributed by atoms with Gasteiger partial charge in [-0.15, -0.1) is 11.3 Å². The normalized spacial score (nSPS) is 11.0. The molecular formula is C19H16N4OS. The molecule has 2 aromatic heterocycles. The first-order valence-electron chi connectivity index (χ1n) is 7.91. The SMILES string of the molecule is Cc1nc2ccc(NC(=O)c3cc(C)n(-c4ccccc4)n3)cc2s1. The third-order valence-corrected chi connectivity index (χ3v) is 4.81. The Hall–Kier alpha value is -2.99. The minimum Gasteiger partial charge on any atom is -0.321 e. The van der Waals surface area contributed by atoms with Crippen molar-refractivity contribution in [3.8, 4) is 5.69 Å². The lowest BCUT2D eigenvalue weighted by molar-refractivity contribution is 0.102. The van der Waals surface area contributed by atoms with Crippen LogP contribution < -0.4 is 5.32 Å². The van der Waals surface area contributed by atoms with Crippen LogP contribution in [0.3, 0.4) is 0 Å². The Labute approximate surface area is 149 Å². The molecule has 4 rings (SSSR count). The number of nitrogens with zero attached hydrogens (tertiary/aromatic N) is 3. The lowest BCUT2D eigenvalue weighted by Gasteiger charge is -2.04. The van der Waals surface area contributed by atoms with Crippen molar-refractivity contribution in [3.63, 3.8) is 0 Å². The van der Waals surface area contributed by atoms with E-state index in [0.717, 1.165) is 32.3 Å². The second kappa shape index (κ2) is 6.14. The molecule has 0 bridgehead atoms. The highest BCUT2D eigenvalue weighted by molar-refractivity contribution is 7.18. The fourth-order valence-electron chi connectivity index (χ4n) is 2.73. The van der Waals surface area contributed by atoms with Crippen molar-refractivity contribution in [2.45, 2.75) is 13.8 Å². The number of thiazole rings is 1. The maximum Gasteiger partial charge on any atom is 0.276 e. The van der Waals surface area contributed by atoms with Gasteiger partial charge in [-0.2, -0.15) is 5.10 Å². The number of hydrogen-bond donors (Lipinski definition) is 1. The highest BCUT2D eigenvalue weighted by Crippen LogP contribution is 2.25. The van der Waals surface area contributed by atoms with Crippen molar-refractivity contribution in [1.82, 2.24) is 14.8 Å². The molecule has 1 N–H and O–H groups in total. The van der Waals surface area contributed by atoms with Gasteiger partial charge in [0.05, 0.1) is 20.9 Å². The van der Waals surface area contributed by atoms with E-state index in [9.17, 15) is 4.79 Å². The van der Waals surface area contributed by atoms with Crippen LogP contribution in [0.5, 0.6) is 0 Å². The van der Waals surface area contributed by atoms with Gasteiger partial charge < -0.3 is 5.32 Å². The number of amides is 1. The lowest BCUT2D eigenvalue weighted by atomic mass is 10.3. The fourth-order valence-corrected chi connectivity index (χ4v) is 3.60. The van der Waals surface area contributed by atoms with E-state index in [4.69, 9.17) is 0 Å². The number of carbonyl (C=O) groups is 1. The monoisotopic (exact) mass is 348 g/mol. The quantitative estimate of drug-likeness (QED) is 0.599. The average Bonchev–Trinajstić information content (AvgIpc) is 3.17. The first-order valence-corrected chi connectivity index (χ1v) is 8.72. The number of benzene rings is 2. The van der Waals surface area contributed by atoms with Crippen molar-refractivity contribution < 1.29 is 4.79 Å². The number of carbonyl (C=O) groups excluding carboxylic acids is 1. The smallest absolute Gasteiger partial charge is 0.276 e. The molecule has 2 heterocycles. The summed E-state index contributed by atoms with van der Waals surface area (Å²) in [6.45, 7) is 3.91. The van der Waals surface area contributed by atoms with Crippen molar-refractivity contribution >= 4 is 33.1 Å². The van der Waals surface area contributed by atoms with E-state index in [2.05, 4.69) is 15.4 Å². The van der Waals surface area contributed by atoms with Crippen LogP contribution >= 0.6 is 11.3 Å². The Bertz CT molecular complexity index is 1070. The molecular weight excluding hydrogens is 332 g/mol. The average molecular weight is 348 g/mol. The maximum atomic E-state index is 12.6. The summed E-state index contributed by atoms with van der Waals surface area (Å²) >= 11 is 1.61. The highest BCUT2D eigenvalue weighted by atomic mass is 32.1. The molecule has 0 saturated heterocycles. The zero-order valence-electron chi connectivity index (χ0n) is 13.9. The van der Waals surface area contributed by atoms with E-state index in [0.29, 0.717) is 5.69 Å². The Morgan fingerprint density at radius 1 is 1.08 bits per heavy atom. The molecule has 5 nitrogen and oxygen atoms in total. The van der Waals surface area contributed by atoms with Crippen molar-refractivity contribution in [2.75, 3.05) is 5.32 Å². The molecule has 0 aliphatic carbocycles. The molecule has 0 fully saturated rings. The maximum absolute atomic E-state index is 12.6. The molecule has 6 heteroatoms. The summed E-state index contributed by atoms with van der Waals surface area (Å²) < 4.78 is 2.83. The van der Waals surface area contributed by atoms with Crippen LogP contribution in [0.1, 0.15) is 21.2 Å². The minimum atomic E-state index is -0.224. The van der Waals surface area contributed by atoms with Crippen LogP contribution in [0.25, 0.3) is 15.9 Å². The Kier molecular flexibility index (Phi) is 3.82. The minimum absolute atomic E-state index is 0.224. The number of nitrogens with one attached hydrogen (secondary N) is 1. The summed E-state index contributed by atoms with van der Waals surface area (Å²) in [6, 6.07) is 17.3. The molecule has 0 spiro atoms. The first-order chi connectivity index (χ1) is 12.1. The van der Waals surface area contributed by atoms with Gasteiger partial charge in [-0.3, -0.25) is 4.79 Å². The molecule has 25 heavy (non-hydrogen) atoms. The van der Waals surface area contributed by atoms with Crippen LogP contribution in [0.4, 0.5) is 5.69 Å². The second-order valence-corrected chi connectivity index (χ2v) is 7.02. The van der Waals surface area contributed by atoms with Gasteiger partial charge in [0, 0.05) is 11.4 Å². The van der Waals surface area contributed by atoms with Gasteiger partial charge in [0.25, 0.3) is 5.91 Å². The molecule has 124 valence electrons. The van der Waals surface area contributed by atoms with E-state index >= 15 is 0 Å². The predicted octanol–water partition coefficient (Wildman–Crippen LogP) is 4.35. The van der Waals surface area contributed by atoms with E-state index < -0.39 is 0 Å². The molecule has 0 aliphatic heterocycles. The predicted molar refractivity (Wildman–Crippen MR) is 101 cm³/mol. The zero-order valence-corrected chi connectivity index (χ0v) is 14.7. The van der Waals surface area contributed by atoms with Gasteiger partial charge in [0.15, 0.2) is 5.69 Å². The number of anilines is 1. The van der Waals surface area contributed by atoms with Crippen molar-refractivity contribution in [3.05, 3.63) is 71.0 Å². The van der Waals surface area contributed by atoms with E-state index in [1.165, 1.54) is 0 Å². The summed E-state index contributed by atoms with van der Waals surface area (Å²) in [4.78, 5) is 17.0. The second-order valence-electron chi connectivity index (χ2n) is 5.79. The van der Waals surface area contributed by atoms with E-state index in [1.807, 2.05) is 62.4 Å². The van der Waals surface area contributed by atoms with Crippen LogP contribution in [0.2, 0.25) is 0 Å². The summed E-state index contributed by atoms with van der Waals surface area (Å²) in [5.74, 6) is -0.224.